The highest BCUT2D eigenvalue weighted by Crippen LogP contribution is 2.12. The average Bonchev–Trinajstić information content (AvgIpc) is 2.73. The Morgan fingerprint density at radius 1 is 0.967 bits per heavy atom. The number of benzene rings is 2. The Kier molecular flexibility index (Phi) is 6.80. The molecule has 1 atom stereocenters. The van der Waals surface area contributed by atoms with Gasteiger partial charge in [-0.05, 0) is 61.7 Å². The van der Waals surface area contributed by atoms with E-state index in [1.165, 1.54) is 23.1 Å². The number of nitrogens with zero attached hydrogens (tertiary/aromatic N) is 1. The summed E-state index contributed by atoms with van der Waals surface area (Å²) in [5.74, 6) is -0.551. The largest absolute Gasteiger partial charge is 0.349 e. The first-order chi connectivity index (χ1) is 14.4. The number of hydrogen-bond acceptors (Lipinski definition) is 3. The van der Waals surface area contributed by atoms with Gasteiger partial charge in [-0.25, -0.2) is 0 Å². The lowest BCUT2D eigenvalue weighted by atomic mass is 10.1. The number of aryl methyl sites for hydroxylation is 1. The number of carbonyl (C=O) groups excluding carboxylic acids is 2. The second kappa shape index (κ2) is 9.69. The van der Waals surface area contributed by atoms with Crippen molar-refractivity contribution in [2.45, 2.75) is 32.7 Å². The average molecular weight is 403 g/mol. The van der Waals surface area contributed by atoms with Crippen LogP contribution in [0.25, 0.3) is 5.69 Å². The number of aromatic nitrogens is 1. The normalized spacial score (nSPS) is 11.5. The van der Waals surface area contributed by atoms with Gasteiger partial charge >= 0.3 is 0 Å². The quantitative estimate of drug-likeness (QED) is 0.633. The zero-order chi connectivity index (χ0) is 21.5. The molecule has 2 amide bonds. The minimum absolute atomic E-state index is 0.0669. The first kappa shape index (κ1) is 21.0. The van der Waals surface area contributed by atoms with E-state index in [4.69, 9.17) is 0 Å². The highest BCUT2D eigenvalue weighted by atomic mass is 16.2. The van der Waals surface area contributed by atoms with Crippen LogP contribution in [0, 0.1) is 0 Å². The van der Waals surface area contributed by atoms with Gasteiger partial charge in [0.1, 0.15) is 5.56 Å². The number of rotatable bonds is 7. The lowest BCUT2D eigenvalue weighted by Gasteiger charge is -2.14. The third-order valence-corrected chi connectivity index (χ3v) is 4.74. The van der Waals surface area contributed by atoms with Crippen molar-refractivity contribution in [1.29, 1.82) is 0 Å². The van der Waals surface area contributed by atoms with Crippen molar-refractivity contribution in [2.75, 3.05) is 5.32 Å². The van der Waals surface area contributed by atoms with Crippen LogP contribution >= 0.6 is 0 Å². The zero-order valence-corrected chi connectivity index (χ0v) is 17.1. The van der Waals surface area contributed by atoms with Crippen LogP contribution in [0.1, 0.15) is 36.2 Å². The summed E-state index contributed by atoms with van der Waals surface area (Å²) < 4.78 is 1.42. The molecule has 0 aliphatic rings. The number of anilines is 1. The van der Waals surface area contributed by atoms with Gasteiger partial charge in [0.15, 0.2) is 0 Å². The molecule has 6 heteroatoms. The smallest absolute Gasteiger partial charge is 0.267 e. The number of carbonyl (C=O) groups is 2. The van der Waals surface area contributed by atoms with E-state index < -0.39 is 5.56 Å². The molecule has 0 saturated carbocycles. The zero-order valence-electron chi connectivity index (χ0n) is 17.1. The van der Waals surface area contributed by atoms with Crippen molar-refractivity contribution in [2.24, 2.45) is 0 Å². The Morgan fingerprint density at radius 2 is 1.67 bits per heavy atom. The molecule has 1 heterocycles. The summed E-state index contributed by atoms with van der Waals surface area (Å²) in [4.78, 5) is 36.7. The molecule has 0 unspecified atom stereocenters. The molecular weight excluding hydrogens is 378 g/mol. The van der Waals surface area contributed by atoms with Crippen molar-refractivity contribution < 1.29 is 9.59 Å². The fraction of sp³-hybridized carbons (Fsp3) is 0.208. The van der Waals surface area contributed by atoms with Crippen molar-refractivity contribution in [3.63, 3.8) is 0 Å². The summed E-state index contributed by atoms with van der Waals surface area (Å²) in [6, 6.07) is 20.1. The molecule has 0 bridgehead atoms. The first-order valence-corrected chi connectivity index (χ1v) is 9.88. The summed E-state index contributed by atoms with van der Waals surface area (Å²) in [5, 5.41) is 5.60. The monoisotopic (exact) mass is 403 g/mol. The molecule has 2 N–H and O–H groups in total. The van der Waals surface area contributed by atoms with Gasteiger partial charge in [0.2, 0.25) is 5.91 Å². The second-order valence-corrected chi connectivity index (χ2v) is 7.22. The van der Waals surface area contributed by atoms with Gasteiger partial charge in [0, 0.05) is 30.5 Å². The molecule has 0 saturated heterocycles. The molecule has 3 aromatic rings. The van der Waals surface area contributed by atoms with Gasteiger partial charge < -0.3 is 10.6 Å². The molecule has 1 aromatic heterocycles. The van der Waals surface area contributed by atoms with E-state index in [2.05, 4.69) is 22.8 Å². The Morgan fingerprint density at radius 3 is 2.33 bits per heavy atom. The van der Waals surface area contributed by atoms with Gasteiger partial charge in [-0.15, -0.1) is 0 Å². The van der Waals surface area contributed by atoms with E-state index in [1.54, 1.807) is 36.5 Å². The minimum atomic E-state index is -0.391. The first-order valence-electron chi connectivity index (χ1n) is 9.88. The van der Waals surface area contributed by atoms with Crippen molar-refractivity contribution >= 4 is 17.5 Å². The van der Waals surface area contributed by atoms with Crippen molar-refractivity contribution in [1.82, 2.24) is 9.88 Å². The van der Waals surface area contributed by atoms with E-state index in [0.717, 1.165) is 12.8 Å². The Labute approximate surface area is 175 Å². The molecule has 0 aliphatic heterocycles. The lowest BCUT2D eigenvalue weighted by molar-refractivity contribution is -0.114. The molecule has 0 radical (unpaired) electrons. The SMILES string of the molecule is CC(=O)Nc1ccc(-n2cccc(C(=O)N[C@H](C)CCc3ccccc3)c2=O)cc1. The van der Waals surface area contributed by atoms with Crippen LogP contribution in [-0.4, -0.2) is 22.4 Å². The maximum Gasteiger partial charge on any atom is 0.267 e. The van der Waals surface area contributed by atoms with Crippen molar-refractivity contribution in [3.05, 3.63) is 94.4 Å². The summed E-state index contributed by atoms with van der Waals surface area (Å²) in [6.07, 6.45) is 3.24. The predicted molar refractivity (Wildman–Crippen MR) is 118 cm³/mol. The Hall–Kier alpha value is -3.67. The van der Waals surface area contributed by atoms with Gasteiger partial charge in [0.05, 0.1) is 0 Å². The van der Waals surface area contributed by atoms with Gasteiger partial charge in [-0.2, -0.15) is 0 Å². The summed E-state index contributed by atoms with van der Waals surface area (Å²) in [6.45, 7) is 3.37. The molecule has 154 valence electrons. The number of amides is 2. The summed E-state index contributed by atoms with van der Waals surface area (Å²) in [7, 11) is 0. The standard InChI is InChI=1S/C24H25N3O3/c1-17(10-11-19-7-4-3-5-8-19)25-23(29)22-9-6-16-27(24(22)30)21-14-12-20(13-15-21)26-18(2)28/h3-9,12-17H,10-11H2,1-2H3,(H,25,29)(H,26,28)/t17-/m1/s1. The van der Waals surface area contributed by atoms with Crippen LogP contribution in [-0.2, 0) is 11.2 Å². The number of hydrogen-bond donors (Lipinski definition) is 2. The second-order valence-electron chi connectivity index (χ2n) is 7.22. The van der Waals surface area contributed by atoms with Gasteiger partial charge in [-0.1, -0.05) is 30.3 Å². The molecule has 3 rings (SSSR count). The molecule has 0 spiro atoms. The maximum absolute atomic E-state index is 12.9. The molecule has 6 nitrogen and oxygen atoms in total. The molecule has 2 aromatic carbocycles. The lowest BCUT2D eigenvalue weighted by Crippen LogP contribution is -2.37. The molecule has 0 fully saturated rings. The number of pyridine rings is 1. The number of nitrogens with one attached hydrogen (secondary N) is 2. The van der Waals surface area contributed by atoms with Crippen LogP contribution in [0.4, 0.5) is 5.69 Å². The maximum atomic E-state index is 12.9. The topological polar surface area (TPSA) is 80.2 Å². The van der Waals surface area contributed by atoms with Crippen LogP contribution in [0.2, 0.25) is 0 Å². The Balaban J connectivity index is 1.70. The van der Waals surface area contributed by atoms with Crippen LogP contribution in [0.3, 0.4) is 0 Å². The van der Waals surface area contributed by atoms with E-state index >= 15 is 0 Å². The van der Waals surface area contributed by atoms with E-state index in [9.17, 15) is 14.4 Å². The predicted octanol–water partition coefficient (Wildman–Crippen LogP) is 3.55. The van der Waals surface area contributed by atoms with Gasteiger partial charge in [0.25, 0.3) is 11.5 Å². The molecule has 0 aliphatic carbocycles. The highest BCUT2D eigenvalue weighted by Gasteiger charge is 2.15. The minimum Gasteiger partial charge on any atom is -0.349 e. The summed E-state index contributed by atoms with van der Waals surface area (Å²) >= 11 is 0. The third-order valence-electron chi connectivity index (χ3n) is 4.74. The van der Waals surface area contributed by atoms with E-state index in [-0.39, 0.29) is 23.4 Å². The van der Waals surface area contributed by atoms with E-state index in [1.807, 2.05) is 25.1 Å². The van der Waals surface area contributed by atoms with Crippen LogP contribution in [0.15, 0.2) is 77.7 Å². The van der Waals surface area contributed by atoms with Crippen LogP contribution < -0.4 is 16.2 Å². The Bertz CT molecular complexity index is 1070. The molecule has 30 heavy (non-hydrogen) atoms. The van der Waals surface area contributed by atoms with Crippen LogP contribution in [0.5, 0.6) is 0 Å². The summed E-state index contributed by atoms with van der Waals surface area (Å²) in [5.41, 5.74) is 2.16. The fourth-order valence-corrected chi connectivity index (χ4v) is 3.18. The third kappa shape index (κ3) is 5.44. The van der Waals surface area contributed by atoms with Gasteiger partial charge in [-0.3, -0.25) is 19.0 Å². The highest BCUT2D eigenvalue weighted by molar-refractivity contribution is 5.94. The van der Waals surface area contributed by atoms with E-state index in [0.29, 0.717) is 11.4 Å². The van der Waals surface area contributed by atoms with Crippen molar-refractivity contribution in [3.8, 4) is 5.69 Å². The molecular formula is C24H25N3O3. The fourth-order valence-electron chi connectivity index (χ4n) is 3.18.